The quantitative estimate of drug-likeness (QED) is 0.871. The van der Waals surface area contributed by atoms with Crippen LogP contribution in [0.5, 0.6) is 0 Å². The van der Waals surface area contributed by atoms with E-state index in [0.717, 1.165) is 30.5 Å². The number of halogens is 2. The van der Waals surface area contributed by atoms with Gasteiger partial charge in [-0.25, -0.2) is 4.39 Å². The zero-order valence-electron chi connectivity index (χ0n) is 8.82. The van der Waals surface area contributed by atoms with Crippen LogP contribution in [0.25, 0.3) is 0 Å². The maximum Gasteiger partial charge on any atom is 0.140 e. The molecule has 0 amide bonds. The van der Waals surface area contributed by atoms with Crippen LogP contribution in [0, 0.1) is 12.7 Å². The van der Waals surface area contributed by atoms with E-state index in [4.69, 9.17) is 0 Å². The highest BCUT2D eigenvalue weighted by molar-refractivity contribution is 9.10. The number of hydrogen-bond acceptors (Lipinski definition) is 1. The number of aryl methyl sites for hydroxylation is 1. The highest BCUT2D eigenvalue weighted by atomic mass is 79.9. The van der Waals surface area contributed by atoms with E-state index in [1.807, 2.05) is 19.1 Å². The van der Waals surface area contributed by atoms with Crippen molar-refractivity contribution in [2.45, 2.75) is 32.2 Å². The summed E-state index contributed by atoms with van der Waals surface area (Å²) in [6.07, 6.45) is 3.16. The monoisotopic (exact) mass is 271 g/mol. The van der Waals surface area contributed by atoms with Gasteiger partial charge in [0.05, 0.1) is 4.47 Å². The third-order valence-corrected chi connectivity index (χ3v) is 3.45. The first kappa shape index (κ1) is 11.1. The number of rotatable bonds is 2. The van der Waals surface area contributed by atoms with Gasteiger partial charge in [-0.3, -0.25) is 0 Å². The molecule has 1 nitrogen and oxygen atoms in total. The van der Waals surface area contributed by atoms with Gasteiger partial charge in [-0.15, -0.1) is 0 Å². The van der Waals surface area contributed by atoms with Gasteiger partial charge < -0.3 is 5.32 Å². The Labute approximate surface area is 98.2 Å². The molecular weight excluding hydrogens is 257 g/mol. The molecule has 1 heterocycles. The topological polar surface area (TPSA) is 12.0 Å². The molecule has 1 atom stereocenters. The van der Waals surface area contributed by atoms with E-state index >= 15 is 0 Å². The molecule has 82 valence electrons. The molecule has 15 heavy (non-hydrogen) atoms. The Hall–Kier alpha value is -0.410. The Morgan fingerprint density at radius 3 is 3.00 bits per heavy atom. The van der Waals surface area contributed by atoms with Gasteiger partial charge in [-0.1, -0.05) is 6.07 Å². The third kappa shape index (κ3) is 2.58. The number of nitrogens with one attached hydrogen (secondary N) is 1. The zero-order valence-corrected chi connectivity index (χ0v) is 10.4. The van der Waals surface area contributed by atoms with Crippen LogP contribution in [0.4, 0.5) is 4.39 Å². The maximum atomic E-state index is 13.8. The molecule has 0 saturated carbocycles. The van der Waals surface area contributed by atoms with Crippen LogP contribution in [-0.2, 0) is 6.42 Å². The van der Waals surface area contributed by atoms with E-state index < -0.39 is 0 Å². The van der Waals surface area contributed by atoms with Gasteiger partial charge in [-0.05, 0) is 65.9 Å². The summed E-state index contributed by atoms with van der Waals surface area (Å²) < 4.78 is 14.3. The smallest absolute Gasteiger partial charge is 0.140 e. The molecular formula is C12H15BrFN. The van der Waals surface area contributed by atoms with Crippen LogP contribution < -0.4 is 5.32 Å². The molecule has 1 fully saturated rings. The lowest BCUT2D eigenvalue weighted by atomic mass is 10.0. The molecule has 0 radical (unpaired) electrons. The Morgan fingerprint density at radius 1 is 1.53 bits per heavy atom. The third-order valence-electron chi connectivity index (χ3n) is 2.88. The van der Waals surface area contributed by atoms with Gasteiger partial charge in [0.25, 0.3) is 0 Å². The summed E-state index contributed by atoms with van der Waals surface area (Å²) in [5.74, 6) is -0.103. The summed E-state index contributed by atoms with van der Waals surface area (Å²) >= 11 is 3.25. The molecule has 1 aromatic carbocycles. The molecule has 1 aromatic rings. The first-order chi connectivity index (χ1) is 7.16. The molecule has 0 spiro atoms. The minimum Gasteiger partial charge on any atom is -0.314 e. The fourth-order valence-electron chi connectivity index (χ4n) is 2.14. The van der Waals surface area contributed by atoms with Crippen molar-refractivity contribution in [3.05, 3.63) is 33.5 Å². The van der Waals surface area contributed by atoms with Crippen LogP contribution in [0.1, 0.15) is 24.0 Å². The summed E-state index contributed by atoms with van der Waals surface area (Å²) in [6.45, 7) is 3.06. The second-order valence-corrected chi connectivity index (χ2v) is 5.07. The lowest BCUT2D eigenvalue weighted by molar-refractivity contribution is 0.557. The SMILES string of the molecule is Cc1cc(Br)c(F)c(CC2CCCN2)c1. The predicted octanol–water partition coefficient (Wildman–Crippen LogP) is 3.19. The van der Waals surface area contributed by atoms with Gasteiger partial charge in [0.1, 0.15) is 5.82 Å². The Bertz CT molecular complexity index is 359. The predicted molar refractivity (Wildman–Crippen MR) is 63.6 cm³/mol. The van der Waals surface area contributed by atoms with E-state index in [9.17, 15) is 4.39 Å². The molecule has 3 heteroatoms. The minimum absolute atomic E-state index is 0.103. The summed E-state index contributed by atoms with van der Waals surface area (Å²) in [4.78, 5) is 0. The molecule has 1 aliphatic heterocycles. The summed E-state index contributed by atoms with van der Waals surface area (Å²) in [5.41, 5.74) is 1.93. The van der Waals surface area contributed by atoms with Crippen molar-refractivity contribution in [3.63, 3.8) is 0 Å². The van der Waals surface area contributed by atoms with E-state index in [1.165, 1.54) is 6.42 Å². The Morgan fingerprint density at radius 2 is 2.33 bits per heavy atom. The van der Waals surface area contributed by atoms with Crippen LogP contribution in [0.3, 0.4) is 0 Å². The average molecular weight is 272 g/mol. The maximum absolute atomic E-state index is 13.8. The van der Waals surface area contributed by atoms with Crippen molar-refractivity contribution < 1.29 is 4.39 Å². The molecule has 0 aliphatic carbocycles. The molecule has 1 aliphatic rings. The largest absolute Gasteiger partial charge is 0.314 e. The summed E-state index contributed by atoms with van der Waals surface area (Å²) in [7, 11) is 0. The van der Waals surface area contributed by atoms with Crippen molar-refractivity contribution in [2.24, 2.45) is 0 Å². The van der Waals surface area contributed by atoms with Crippen molar-refractivity contribution in [2.75, 3.05) is 6.54 Å². The second-order valence-electron chi connectivity index (χ2n) is 4.22. The lowest BCUT2D eigenvalue weighted by Crippen LogP contribution is -2.24. The fraction of sp³-hybridized carbons (Fsp3) is 0.500. The lowest BCUT2D eigenvalue weighted by Gasteiger charge is -2.12. The van der Waals surface area contributed by atoms with Gasteiger partial charge in [0.2, 0.25) is 0 Å². The van der Waals surface area contributed by atoms with Crippen LogP contribution in [0.15, 0.2) is 16.6 Å². The molecule has 2 rings (SSSR count). The van der Waals surface area contributed by atoms with E-state index in [0.29, 0.717) is 10.5 Å². The molecule has 0 aromatic heterocycles. The molecule has 1 unspecified atom stereocenters. The van der Waals surface area contributed by atoms with Crippen LogP contribution in [-0.4, -0.2) is 12.6 Å². The van der Waals surface area contributed by atoms with Crippen LogP contribution in [0.2, 0.25) is 0 Å². The highest BCUT2D eigenvalue weighted by Crippen LogP contribution is 2.23. The molecule has 1 saturated heterocycles. The van der Waals surface area contributed by atoms with E-state index in [1.54, 1.807) is 0 Å². The van der Waals surface area contributed by atoms with Gasteiger partial charge >= 0.3 is 0 Å². The van der Waals surface area contributed by atoms with Gasteiger partial charge in [-0.2, -0.15) is 0 Å². The standard InChI is InChI=1S/C12H15BrFN/c1-8-5-9(12(14)11(13)6-8)7-10-3-2-4-15-10/h5-6,10,15H,2-4,7H2,1H3. The molecule has 1 N–H and O–H groups in total. The van der Waals surface area contributed by atoms with Crippen molar-refractivity contribution >= 4 is 15.9 Å². The normalized spacial score (nSPS) is 20.9. The van der Waals surface area contributed by atoms with Gasteiger partial charge in [0, 0.05) is 6.04 Å². The van der Waals surface area contributed by atoms with Gasteiger partial charge in [0.15, 0.2) is 0 Å². The zero-order chi connectivity index (χ0) is 10.8. The van der Waals surface area contributed by atoms with Crippen molar-refractivity contribution in [1.82, 2.24) is 5.32 Å². The Kier molecular flexibility index (Phi) is 3.42. The number of hydrogen-bond donors (Lipinski definition) is 1. The first-order valence-corrected chi connectivity index (χ1v) is 6.14. The van der Waals surface area contributed by atoms with Crippen molar-refractivity contribution in [3.8, 4) is 0 Å². The van der Waals surface area contributed by atoms with E-state index in [2.05, 4.69) is 21.2 Å². The first-order valence-electron chi connectivity index (χ1n) is 5.34. The minimum atomic E-state index is -0.103. The van der Waals surface area contributed by atoms with Crippen molar-refractivity contribution in [1.29, 1.82) is 0 Å². The Balaban J connectivity index is 2.19. The highest BCUT2D eigenvalue weighted by Gasteiger charge is 2.17. The summed E-state index contributed by atoms with van der Waals surface area (Å²) in [6, 6.07) is 4.22. The van der Waals surface area contributed by atoms with E-state index in [-0.39, 0.29) is 5.82 Å². The number of benzene rings is 1. The molecule has 0 bridgehead atoms. The fourth-order valence-corrected chi connectivity index (χ4v) is 2.76. The second kappa shape index (κ2) is 4.62. The average Bonchev–Trinajstić information content (AvgIpc) is 2.66. The summed E-state index contributed by atoms with van der Waals surface area (Å²) in [5, 5.41) is 3.39. The van der Waals surface area contributed by atoms with Crippen LogP contribution >= 0.6 is 15.9 Å².